The summed E-state index contributed by atoms with van der Waals surface area (Å²) in [6.07, 6.45) is 5.71. The second-order valence-corrected chi connectivity index (χ2v) is 7.61. The fraction of sp³-hybridized carbons (Fsp3) is 0.476. The summed E-state index contributed by atoms with van der Waals surface area (Å²) in [7, 11) is 2.18. The largest absolute Gasteiger partial charge is 0.354 e. The Morgan fingerprint density at radius 1 is 1.24 bits per heavy atom. The molecular formula is C21H28ClN3. The van der Waals surface area contributed by atoms with E-state index < -0.39 is 0 Å². The molecule has 0 N–H and O–H groups in total. The van der Waals surface area contributed by atoms with E-state index in [0.717, 1.165) is 54.3 Å². The minimum atomic E-state index is 0.564. The number of aromatic nitrogens is 1. The normalized spacial score (nSPS) is 17.6. The molecule has 3 rings (SSSR count). The Labute approximate surface area is 156 Å². The van der Waals surface area contributed by atoms with Crippen LogP contribution in [0.2, 0.25) is 5.02 Å². The van der Waals surface area contributed by atoms with Crippen molar-refractivity contribution in [1.29, 1.82) is 0 Å². The van der Waals surface area contributed by atoms with Gasteiger partial charge in [0.1, 0.15) is 5.82 Å². The maximum Gasteiger partial charge on any atom is 0.132 e. The molecule has 1 atom stereocenters. The van der Waals surface area contributed by atoms with Gasteiger partial charge in [-0.1, -0.05) is 44.0 Å². The summed E-state index contributed by atoms with van der Waals surface area (Å²) in [6, 6.07) is 6.01. The molecule has 2 aromatic rings. The first-order valence-corrected chi connectivity index (χ1v) is 9.59. The summed E-state index contributed by atoms with van der Waals surface area (Å²) in [4.78, 5) is 9.78. The SMILES string of the molecule is CCC(C)/C=C\c1c(C)c(N2CCN(C)CC2)nc2ccc(Cl)cc12. The van der Waals surface area contributed by atoms with E-state index in [1.807, 2.05) is 18.2 Å². The molecule has 2 heterocycles. The van der Waals surface area contributed by atoms with Crippen molar-refractivity contribution in [3.05, 3.63) is 40.4 Å². The molecule has 134 valence electrons. The summed E-state index contributed by atoms with van der Waals surface area (Å²) < 4.78 is 0. The fourth-order valence-corrected chi connectivity index (χ4v) is 3.45. The zero-order valence-electron chi connectivity index (χ0n) is 15.7. The third kappa shape index (κ3) is 3.99. The molecule has 0 radical (unpaired) electrons. The maximum atomic E-state index is 6.27. The predicted octanol–water partition coefficient (Wildman–Crippen LogP) is 5.01. The van der Waals surface area contributed by atoms with Crippen LogP contribution in [0.3, 0.4) is 0 Å². The molecule has 0 saturated carbocycles. The lowest BCUT2D eigenvalue weighted by Crippen LogP contribution is -2.45. The number of hydrogen-bond donors (Lipinski definition) is 0. The highest BCUT2D eigenvalue weighted by Crippen LogP contribution is 2.32. The molecule has 4 heteroatoms. The molecule has 1 saturated heterocycles. The number of fused-ring (bicyclic) bond motifs is 1. The van der Waals surface area contributed by atoms with Gasteiger partial charge in [0, 0.05) is 36.6 Å². The highest BCUT2D eigenvalue weighted by Gasteiger charge is 2.20. The summed E-state index contributed by atoms with van der Waals surface area (Å²) >= 11 is 6.27. The Balaban J connectivity index is 2.11. The molecule has 25 heavy (non-hydrogen) atoms. The maximum absolute atomic E-state index is 6.27. The van der Waals surface area contributed by atoms with Gasteiger partial charge in [0.15, 0.2) is 0 Å². The van der Waals surface area contributed by atoms with Crippen LogP contribution in [0.5, 0.6) is 0 Å². The number of likely N-dealkylation sites (N-methyl/N-ethyl adjacent to an activating group) is 1. The number of pyridine rings is 1. The van der Waals surface area contributed by atoms with E-state index in [2.05, 4.69) is 49.8 Å². The lowest BCUT2D eigenvalue weighted by Gasteiger charge is -2.34. The van der Waals surface area contributed by atoms with E-state index >= 15 is 0 Å². The molecule has 1 aliphatic rings. The minimum absolute atomic E-state index is 0.564. The van der Waals surface area contributed by atoms with Gasteiger partial charge in [-0.25, -0.2) is 4.98 Å². The second kappa shape index (κ2) is 7.76. The number of nitrogens with zero attached hydrogens (tertiary/aromatic N) is 3. The van der Waals surface area contributed by atoms with Crippen LogP contribution in [0.25, 0.3) is 17.0 Å². The molecule has 3 nitrogen and oxygen atoms in total. The molecular weight excluding hydrogens is 330 g/mol. The van der Waals surface area contributed by atoms with Crippen molar-refractivity contribution in [2.24, 2.45) is 5.92 Å². The van der Waals surface area contributed by atoms with Gasteiger partial charge < -0.3 is 9.80 Å². The molecule has 0 amide bonds. The zero-order chi connectivity index (χ0) is 18.0. The van der Waals surface area contributed by atoms with Crippen LogP contribution in [-0.4, -0.2) is 43.1 Å². The van der Waals surface area contributed by atoms with Gasteiger partial charge in [-0.2, -0.15) is 0 Å². The molecule has 1 aliphatic heterocycles. The quantitative estimate of drug-likeness (QED) is 0.766. The van der Waals surface area contributed by atoms with Crippen LogP contribution in [0.15, 0.2) is 24.3 Å². The van der Waals surface area contributed by atoms with E-state index in [-0.39, 0.29) is 0 Å². The highest BCUT2D eigenvalue weighted by molar-refractivity contribution is 6.31. The Morgan fingerprint density at radius 3 is 2.64 bits per heavy atom. The number of benzene rings is 1. The van der Waals surface area contributed by atoms with E-state index in [0.29, 0.717) is 5.92 Å². The average molecular weight is 358 g/mol. The van der Waals surface area contributed by atoms with E-state index in [4.69, 9.17) is 16.6 Å². The van der Waals surface area contributed by atoms with Crippen molar-refractivity contribution in [3.63, 3.8) is 0 Å². The number of anilines is 1. The van der Waals surface area contributed by atoms with Crippen molar-refractivity contribution in [2.75, 3.05) is 38.1 Å². The Kier molecular flexibility index (Phi) is 5.65. The lowest BCUT2D eigenvalue weighted by molar-refractivity contribution is 0.312. The molecule has 0 spiro atoms. The first-order chi connectivity index (χ1) is 12.0. The van der Waals surface area contributed by atoms with Crippen molar-refractivity contribution < 1.29 is 0 Å². The molecule has 1 fully saturated rings. The first-order valence-electron chi connectivity index (χ1n) is 9.21. The number of rotatable bonds is 4. The topological polar surface area (TPSA) is 19.4 Å². The van der Waals surface area contributed by atoms with E-state index in [1.54, 1.807) is 0 Å². The number of halogens is 1. The van der Waals surface area contributed by atoms with Gasteiger partial charge in [0.05, 0.1) is 5.52 Å². The molecule has 0 aliphatic carbocycles. The minimum Gasteiger partial charge on any atom is -0.354 e. The van der Waals surface area contributed by atoms with Crippen molar-refractivity contribution in [3.8, 4) is 0 Å². The summed E-state index contributed by atoms with van der Waals surface area (Å²) in [6.45, 7) is 10.9. The monoisotopic (exact) mass is 357 g/mol. The Morgan fingerprint density at radius 2 is 1.96 bits per heavy atom. The fourth-order valence-electron chi connectivity index (χ4n) is 3.28. The van der Waals surface area contributed by atoms with Gasteiger partial charge in [0.2, 0.25) is 0 Å². The standard InChI is InChI=1S/C21H28ClN3/c1-5-15(2)6-8-18-16(3)21(25-12-10-24(4)11-13-25)23-20-9-7-17(22)14-19(18)20/h6-9,14-15H,5,10-13H2,1-4H3/b8-6-. The highest BCUT2D eigenvalue weighted by atomic mass is 35.5. The lowest BCUT2D eigenvalue weighted by atomic mass is 10.00. The van der Waals surface area contributed by atoms with Gasteiger partial charge in [0.25, 0.3) is 0 Å². The van der Waals surface area contributed by atoms with Crippen LogP contribution in [-0.2, 0) is 0 Å². The van der Waals surface area contributed by atoms with Crippen LogP contribution < -0.4 is 4.90 Å². The van der Waals surface area contributed by atoms with Gasteiger partial charge in [-0.05, 0) is 49.2 Å². The van der Waals surface area contributed by atoms with E-state index in [9.17, 15) is 0 Å². The van der Waals surface area contributed by atoms with Crippen LogP contribution in [0.4, 0.5) is 5.82 Å². The van der Waals surface area contributed by atoms with Crippen molar-refractivity contribution in [1.82, 2.24) is 9.88 Å². The smallest absolute Gasteiger partial charge is 0.132 e. The second-order valence-electron chi connectivity index (χ2n) is 7.17. The zero-order valence-corrected chi connectivity index (χ0v) is 16.5. The van der Waals surface area contributed by atoms with Gasteiger partial charge in [-0.15, -0.1) is 0 Å². The number of piperazine rings is 1. The molecule has 1 aromatic carbocycles. The van der Waals surface area contributed by atoms with Crippen molar-refractivity contribution >= 4 is 34.4 Å². The summed E-state index contributed by atoms with van der Waals surface area (Å²) in [5.41, 5.74) is 3.52. The third-order valence-electron chi connectivity index (χ3n) is 5.25. The Hall–Kier alpha value is -1.58. The first kappa shape index (κ1) is 18.2. The summed E-state index contributed by atoms with van der Waals surface area (Å²) in [5, 5.41) is 1.90. The van der Waals surface area contributed by atoms with Crippen LogP contribution in [0.1, 0.15) is 31.4 Å². The Bertz CT molecular complexity index is 776. The predicted molar refractivity (Wildman–Crippen MR) is 110 cm³/mol. The van der Waals surface area contributed by atoms with Gasteiger partial charge >= 0.3 is 0 Å². The van der Waals surface area contributed by atoms with Crippen LogP contribution in [0, 0.1) is 12.8 Å². The molecule has 0 bridgehead atoms. The molecule has 1 aromatic heterocycles. The van der Waals surface area contributed by atoms with Gasteiger partial charge in [-0.3, -0.25) is 0 Å². The summed E-state index contributed by atoms with van der Waals surface area (Å²) in [5.74, 6) is 1.68. The van der Waals surface area contributed by atoms with Crippen molar-refractivity contribution in [2.45, 2.75) is 27.2 Å². The average Bonchev–Trinajstić information content (AvgIpc) is 2.61. The molecule has 1 unspecified atom stereocenters. The third-order valence-corrected chi connectivity index (χ3v) is 5.49. The number of allylic oxidation sites excluding steroid dienone is 1. The number of hydrogen-bond acceptors (Lipinski definition) is 3. The van der Waals surface area contributed by atoms with Crippen LogP contribution >= 0.6 is 11.6 Å². The van der Waals surface area contributed by atoms with E-state index in [1.165, 1.54) is 11.1 Å².